The van der Waals surface area contributed by atoms with Crippen LogP contribution in [0.4, 0.5) is 5.69 Å². The van der Waals surface area contributed by atoms with E-state index in [0.717, 1.165) is 0 Å². The van der Waals surface area contributed by atoms with Gasteiger partial charge < -0.3 is 4.43 Å². The highest BCUT2D eigenvalue weighted by Crippen LogP contribution is 2.41. The Morgan fingerprint density at radius 1 is 1.30 bits per heavy atom. The number of hydrogen-bond acceptors (Lipinski definition) is 4. The molecule has 0 aliphatic carbocycles. The number of nitro groups is 1. The van der Waals surface area contributed by atoms with Crippen LogP contribution in [0, 0.1) is 10.1 Å². The van der Waals surface area contributed by atoms with E-state index in [2.05, 4.69) is 0 Å². The van der Waals surface area contributed by atoms with Gasteiger partial charge in [-0.2, -0.15) is 0 Å². The molecule has 0 heterocycles. The van der Waals surface area contributed by atoms with Crippen molar-refractivity contribution in [2.24, 2.45) is 0 Å². The van der Waals surface area contributed by atoms with Crippen molar-refractivity contribution in [1.82, 2.24) is 0 Å². The number of nitro benzene ring substituents is 1. The second-order valence-corrected chi connectivity index (χ2v) is 8.40. The zero-order valence-corrected chi connectivity index (χ0v) is 14.0. The predicted molar refractivity (Wildman–Crippen MR) is 81.3 cm³/mol. The fourth-order valence-electron chi connectivity index (χ4n) is 2.11. The van der Waals surface area contributed by atoms with Crippen molar-refractivity contribution in [3.05, 3.63) is 33.4 Å². The highest BCUT2D eigenvalue weighted by molar-refractivity contribution is 6.49. The van der Waals surface area contributed by atoms with Crippen molar-refractivity contribution >= 4 is 20.5 Å². The molecular weight excluding hydrogens is 274 g/mol. The fourth-order valence-corrected chi connectivity index (χ4v) is 2.82. The summed E-state index contributed by atoms with van der Waals surface area (Å²) in [5.74, 6) is 0.150. The number of nitrogens with zero attached hydrogens (tertiary/aromatic N) is 1. The molecule has 1 aromatic rings. The molecule has 0 atom stereocenters. The monoisotopic (exact) mass is 295 g/mol. The van der Waals surface area contributed by atoms with Gasteiger partial charge in [0.05, 0.1) is 4.92 Å². The van der Waals surface area contributed by atoms with Gasteiger partial charge >= 0.3 is 5.69 Å². The molecule has 0 amide bonds. The van der Waals surface area contributed by atoms with Gasteiger partial charge in [0.2, 0.25) is 9.04 Å². The average molecular weight is 295 g/mol. The molecule has 0 bridgehead atoms. The molecule has 0 unspecified atom stereocenters. The number of carbonyl (C=O) groups excluding carboxylic acids is 1. The van der Waals surface area contributed by atoms with E-state index >= 15 is 0 Å². The fraction of sp³-hybridized carbons (Fsp3) is 0.500. The first-order valence-corrected chi connectivity index (χ1v) is 9.33. The Bertz CT molecular complexity index is 547. The molecule has 1 rings (SSSR count). The molecule has 0 aliphatic heterocycles. The summed E-state index contributed by atoms with van der Waals surface area (Å²) < 4.78 is 5.80. The molecule has 0 radical (unpaired) electrons. The van der Waals surface area contributed by atoms with Crippen molar-refractivity contribution in [3.63, 3.8) is 0 Å². The Morgan fingerprint density at radius 3 is 2.20 bits per heavy atom. The van der Waals surface area contributed by atoms with E-state index in [1.165, 1.54) is 19.1 Å². The molecule has 5 nitrogen and oxygen atoms in total. The van der Waals surface area contributed by atoms with Gasteiger partial charge in [0.25, 0.3) is 0 Å². The third-order valence-corrected chi connectivity index (χ3v) is 3.52. The third kappa shape index (κ3) is 3.44. The Hall–Kier alpha value is -1.69. The normalized spacial score (nSPS) is 11.6. The molecule has 0 fully saturated rings. The lowest BCUT2D eigenvalue weighted by atomic mass is 9.81. The average Bonchev–Trinajstić information content (AvgIpc) is 2.25. The maximum atomic E-state index is 11.8. The zero-order valence-electron chi connectivity index (χ0n) is 12.8. The van der Waals surface area contributed by atoms with Crippen LogP contribution in [0.25, 0.3) is 0 Å². The maximum Gasteiger partial charge on any atom is 0.309 e. The summed E-state index contributed by atoms with van der Waals surface area (Å²) in [6, 6.07) is 2.88. The Balaban J connectivity index is 3.73. The van der Waals surface area contributed by atoms with Crippen LogP contribution in [0.1, 0.15) is 43.6 Å². The smallest absolute Gasteiger partial charge is 0.309 e. The minimum absolute atomic E-state index is 0.0684. The van der Waals surface area contributed by atoms with Crippen LogP contribution in [0.5, 0.6) is 5.75 Å². The Morgan fingerprint density at radius 2 is 1.85 bits per heavy atom. The number of rotatable bonds is 4. The van der Waals surface area contributed by atoms with Gasteiger partial charge in [-0.3, -0.25) is 14.9 Å². The zero-order chi connectivity index (χ0) is 15.7. The van der Waals surface area contributed by atoms with Crippen LogP contribution < -0.4 is 4.43 Å². The van der Waals surface area contributed by atoms with E-state index in [-0.39, 0.29) is 17.2 Å². The lowest BCUT2D eigenvalue weighted by molar-refractivity contribution is -0.385. The van der Waals surface area contributed by atoms with Gasteiger partial charge in [0, 0.05) is 17.2 Å². The van der Waals surface area contributed by atoms with Crippen LogP contribution in [0.15, 0.2) is 12.1 Å². The number of hydrogen-bond donors (Lipinski definition) is 0. The molecule has 20 heavy (non-hydrogen) atoms. The summed E-state index contributed by atoms with van der Waals surface area (Å²) in [4.78, 5) is 22.6. The van der Waals surface area contributed by atoms with Gasteiger partial charge in [-0.25, -0.2) is 0 Å². The molecule has 0 spiro atoms. The van der Waals surface area contributed by atoms with Crippen molar-refractivity contribution in [1.29, 1.82) is 0 Å². The molecule has 0 aliphatic rings. The van der Waals surface area contributed by atoms with Crippen LogP contribution in [-0.4, -0.2) is 19.7 Å². The standard InChI is InChI=1S/C14H21NO4Si/c1-9(16)10-7-8-11(15(17)18)13(19-20(5)6)12(10)14(2,3)4/h7-8,20H,1-6H3. The van der Waals surface area contributed by atoms with E-state index < -0.39 is 19.4 Å². The van der Waals surface area contributed by atoms with Gasteiger partial charge in [0.15, 0.2) is 11.5 Å². The second-order valence-electron chi connectivity index (χ2n) is 6.07. The number of carbonyl (C=O) groups is 1. The first-order valence-electron chi connectivity index (χ1n) is 6.55. The second kappa shape index (κ2) is 5.74. The SMILES string of the molecule is CC(=O)c1ccc([N+](=O)[O-])c(O[SiH](C)C)c1C(C)(C)C. The van der Waals surface area contributed by atoms with Gasteiger partial charge in [0.1, 0.15) is 0 Å². The summed E-state index contributed by atoms with van der Waals surface area (Å²) in [5, 5.41) is 11.2. The number of Topliss-reactive ketones (excluding diaryl/α,β-unsaturated/α-hetero) is 1. The molecule has 0 aromatic heterocycles. The molecule has 0 saturated heterocycles. The number of benzene rings is 1. The van der Waals surface area contributed by atoms with Gasteiger partial charge in [-0.1, -0.05) is 20.8 Å². The lowest BCUT2D eigenvalue weighted by Gasteiger charge is -2.26. The van der Waals surface area contributed by atoms with Crippen LogP contribution in [0.3, 0.4) is 0 Å². The minimum atomic E-state index is -1.53. The minimum Gasteiger partial charge on any atom is -0.542 e. The summed E-state index contributed by atoms with van der Waals surface area (Å²) in [5.41, 5.74) is 0.639. The van der Waals surface area contributed by atoms with Crippen molar-refractivity contribution in [2.75, 3.05) is 0 Å². The van der Waals surface area contributed by atoms with Crippen LogP contribution >= 0.6 is 0 Å². The largest absolute Gasteiger partial charge is 0.542 e. The van der Waals surface area contributed by atoms with Crippen molar-refractivity contribution in [2.45, 2.75) is 46.2 Å². The van der Waals surface area contributed by atoms with E-state index in [9.17, 15) is 14.9 Å². The summed E-state index contributed by atoms with van der Waals surface area (Å²) in [7, 11) is -1.53. The first kappa shape index (κ1) is 16.4. The third-order valence-electron chi connectivity index (χ3n) is 2.82. The highest BCUT2D eigenvalue weighted by Gasteiger charge is 2.31. The van der Waals surface area contributed by atoms with Crippen molar-refractivity contribution < 1.29 is 14.1 Å². The molecule has 0 saturated carbocycles. The summed E-state index contributed by atoms with van der Waals surface area (Å²) in [6.07, 6.45) is 0. The first-order chi connectivity index (χ1) is 9.05. The predicted octanol–water partition coefficient (Wildman–Crippen LogP) is 3.46. The van der Waals surface area contributed by atoms with Crippen LogP contribution in [0.2, 0.25) is 13.1 Å². The van der Waals surface area contributed by atoms with E-state index in [4.69, 9.17) is 4.43 Å². The van der Waals surface area contributed by atoms with Crippen LogP contribution in [-0.2, 0) is 5.41 Å². The van der Waals surface area contributed by atoms with E-state index in [0.29, 0.717) is 11.1 Å². The molecular formula is C14H21NO4Si. The van der Waals surface area contributed by atoms with Gasteiger partial charge in [-0.15, -0.1) is 0 Å². The molecule has 0 N–H and O–H groups in total. The molecule has 1 aromatic carbocycles. The summed E-state index contributed by atoms with van der Waals surface area (Å²) >= 11 is 0. The molecule has 110 valence electrons. The Kier molecular flexibility index (Phi) is 4.70. The highest BCUT2D eigenvalue weighted by atomic mass is 28.3. The quantitative estimate of drug-likeness (QED) is 0.369. The summed E-state index contributed by atoms with van der Waals surface area (Å²) in [6.45, 7) is 11.1. The maximum absolute atomic E-state index is 11.8. The van der Waals surface area contributed by atoms with E-state index in [1.54, 1.807) is 0 Å². The van der Waals surface area contributed by atoms with Gasteiger partial charge in [-0.05, 0) is 31.5 Å². The topological polar surface area (TPSA) is 69.4 Å². The van der Waals surface area contributed by atoms with Crippen molar-refractivity contribution in [3.8, 4) is 5.75 Å². The number of ketones is 1. The lowest BCUT2D eigenvalue weighted by Crippen LogP contribution is -2.22. The Labute approximate surface area is 120 Å². The van der Waals surface area contributed by atoms with E-state index in [1.807, 2.05) is 33.9 Å². The molecule has 6 heteroatoms.